The second-order valence-electron chi connectivity index (χ2n) is 5.59. The van der Waals surface area contributed by atoms with Gasteiger partial charge in [0.2, 0.25) is 5.91 Å². The summed E-state index contributed by atoms with van der Waals surface area (Å²) in [6, 6.07) is 5.40. The van der Waals surface area contributed by atoms with Crippen LogP contribution in [0.25, 0.3) is 0 Å². The zero-order valence-electron chi connectivity index (χ0n) is 13.2. The van der Waals surface area contributed by atoms with Crippen LogP contribution in [-0.4, -0.2) is 38.1 Å². The van der Waals surface area contributed by atoms with Crippen molar-refractivity contribution in [2.75, 3.05) is 20.3 Å². The summed E-state index contributed by atoms with van der Waals surface area (Å²) in [4.78, 5) is 24.0. The molecule has 1 fully saturated rings. The van der Waals surface area contributed by atoms with Crippen LogP contribution >= 0.6 is 0 Å². The van der Waals surface area contributed by atoms with E-state index >= 15 is 0 Å². The highest BCUT2D eigenvalue weighted by Crippen LogP contribution is 2.19. The Kier molecular flexibility index (Phi) is 5.95. The number of hydrogen-bond donors (Lipinski definition) is 1. The van der Waals surface area contributed by atoms with E-state index in [2.05, 4.69) is 5.32 Å². The van der Waals surface area contributed by atoms with Crippen molar-refractivity contribution in [2.24, 2.45) is 0 Å². The van der Waals surface area contributed by atoms with Crippen molar-refractivity contribution < 1.29 is 19.1 Å². The number of methoxy groups -OCH3 is 1. The fourth-order valence-electron chi connectivity index (χ4n) is 2.58. The monoisotopic (exact) mass is 305 g/mol. The lowest BCUT2D eigenvalue weighted by Crippen LogP contribution is -2.40. The second-order valence-corrected chi connectivity index (χ2v) is 5.59. The SMILES string of the molecule is COc1ccc(C(=O)CCC(=O)N[C@H]2CCCOC2)cc1C. The highest BCUT2D eigenvalue weighted by atomic mass is 16.5. The van der Waals surface area contributed by atoms with Gasteiger partial charge in [0.1, 0.15) is 5.75 Å². The summed E-state index contributed by atoms with van der Waals surface area (Å²) in [6.45, 7) is 3.23. The first-order valence-electron chi connectivity index (χ1n) is 7.65. The third-order valence-electron chi connectivity index (χ3n) is 3.82. The Morgan fingerprint density at radius 1 is 1.36 bits per heavy atom. The summed E-state index contributed by atoms with van der Waals surface area (Å²) in [6.07, 6.45) is 2.33. The first-order valence-corrected chi connectivity index (χ1v) is 7.65. The quantitative estimate of drug-likeness (QED) is 0.819. The molecule has 5 heteroatoms. The standard InChI is InChI=1S/C17H23NO4/c1-12-10-13(5-7-16(12)21-2)15(19)6-8-17(20)18-14-4-3-9-22-11-14/h5,7,10,14H,3-4,6,8-9,11H2,1-2H3,(H,18,20)/t14-/m0/s1. The Labute approximate surface area is 131 Å². The van der Waals surface area contributed by atoms with Crippen molar-refractivity contribution in [1.29, 1.82) is 0 Å². The fourth-order valence-corrected chi connectivity index (χ4v) is 2.58. The average molecular weight is 305 g/mol. The Balaban J connectivity index is 1.81. The van der Waals surface area contributed by atoms with E-state index in [9.17, 15) is 9.59 Å². The van der Waals surface area contributed by atoms with E-state index in [0.29, 0.717) is 12.2 Å². The number of ketones is 1. The molecule has 1 N–H and O–H groups in total. The molecule has 22 heavy (non-hydrogen) atoms. The average Bonchev–Trinajstić information content (AvgIpc) is 2.53. The topological polar surface area (TPSA) is 64.6 Å². The van der Waals surface area contributed by atoms with Gasteiger partial charge in [-0.15, -0.1) is 0 Å². The van der Waals surface area contributed by atoms with Crippen LogP contribution in [0.15, 0.2) is 18.2 Å². The molecule has 0 spiro atoms. The van der Waals surface area contributed by atoms with E-state index < -0.39 is 0 Å². The van der Waals surface area contributed by atoms with Crippen LogP contribution in [0.1, 0.15) is 41.6 Å². The number of rotatable bonds is 6. The van der Waals surface area contributed by atoms with E-state index in [-0.39, 0.29) is 30.6 Å². The number of carbonyl (C=O) groups is 2. The van der Waals surface area contributed by atoms with Gasteiger partial charge in [-0.3, -0.25) is 9.59 Å². The summed E-state index contributed by atoms with van der Waals surface area (Å²) in [5.74, 6) is 0.640. The van der Waals surface area contributed by atoms with Gasteiger partial charge < -0.3 is 14.8 Å². The van der Waals surface area contributed by atoms with Crippen LogP contribution in [0.4, 0.5) is 0 Å². The lowest BCUT2D eigenvalue weighted by Gasteiger charge is -2.23. The molecule has 5 nitrogen and oxygen atoms in total. The largest absolute Gasteiger partial charge is 0.496 e. The number of ether oxygens (including phenoxy) is 2. The van der Waals surface area contributed by atoms with Crippen LogP contribution < -0.4 is 10.1 Å². The first-order chi connectivity index (χ1) is 10.6. The number of aryl methyl sites for hydroxylation is 1. The van der Waals surface area contributed by atoms with Gasteiger partial charge in [-0.25, -0.2) is 0 Å². The van der Waals surface area contributed by atoms with Crippen molar-refractivity contribution in [3.05, 3.63) is 29.3 Å². The van der Waals surface area contributed by atoms with Crippen molar-refractivity contribution in [2.45, 2.75) is 38.6 Å². The molecule has 120 valence electrons. The zero-order chi connectivity index (χ0) is 15.9. The van der Waals surface area contributed by atoms with Crippen LogP contribution in [0.3, 0.4) is 0 Å². The highest BCUT2D eigenvalue weighted by Gasteiger charge is 2.17. The lowest BCUT2D eigenvalue weighted by atomic mass is 10.0. The van der Waals surface area contributed by atoms with Crippen molar-refractivity contribution >= 4 is 11.7 Å². The summed E-state index contributed by atoms with van der Waals surface area (Å²) in [7, 11) is 1.60. The Morgan fingerprint density at radius 2 is 2.18 bits per heavy atom. The predicted molar refractivity (Wildman–Crippen MR) is 83.3 cm³/mol. The molecule has 0 radical (unpaired) electrons. The summed E-state index contributed by atoms with van der Waals surface area (Å²) < 4.78 is 10.5. The van der Waals surface area contributed by atoms with Gasteiger partial charge in [0.05, 0.1) is 19.8 Å². The highest BCUT2D eigenvalue weighted by molar-refractivity contribution is 5.98. The van der Waals surface area contributed by atoms with Gasteiger partial charge in [0.15, 0.2) is 5.78 Å². The molecule has 1 atom stereocenters. The molecule has 2 rings (SSSR count). The van der Waals surface area contributed by atoms with Crippen LogP contribution in [0.2, 0.25) is 0 Å². The van der Waals surface area contributed by atoms with Gasteiger partial charge in [-0.1, -0.05) is 0 Å². The van der Waals surface area contributed by atoms with Crippen LogP contribution in [0.5, 0.6) is 5.75 Å². The Morgan fingerprint density at radius 3 is 2.82 bits per heavy atom. The maximum atomic E-state index is 12.1. The van der Waals surface area contributed by atoms with Gasteiger partial charge in [0, 0.05) is 25.0 Å². The van der Waals surface area contributed by atoms with Gasteiger partial charge >= 0.3 is 0 Å². The zero-order valence-corrected chi connectivity index (χ0v) is 13.2. The van der Waals surface area contributed by atoms with E-state index in [4.69, 9.17) is 9.47 Å². The molecule has 0 saturated carbocycles. The van der Waals surface area contributed by atoms with Crippen LogP contribution in [-0.2, 0) is 9.53 Å². The third-order valence-corrected chi connectivity index (χ3v) is 3.82. The Bertz CT molecular complexity index is 535. The van der Waals surface area contributed by atoms with Gasteiger partial charge in [0.25, 0.3) is 0 Å². The molecule has 1 aromatic rings. The number of hydrogen-bond acceptors (Lipinski definition) is 4. The smallest absolute Gasteiger partial charge is 0.220 e. The number of carbonyl (C=O) groups excluding carboxylic acids is 2. The minimum atomic E-state index is -0.0888. The number of nitrogens with one attached hydrogen (secondary N) is 1. The van der Waals surface area contributed by atoms with Crippen LogP contribution in [0, 0.1) is 6.92 Å². The summed E-state index contributed by atoms with van der Waals surface area (Å²) in [5, 5.41) is 2.92. The molecule has 1 aliphatic rings. The molecule has 1 aromatic carbocycles. The van der Waals surface area contributed by atoms with Crippen molar-refractivity contribution in [3.63, 3.8) is 0 Å². The fraction of sp³-hybridized carbons (Fsp3) is 0.529. The van der Waals surface area contributed by atoms with E-state index in [1.807, 2.05) is 6.92 Å². The molecule has 1 amide bonds. The van der Waals surface area contributed by atoms with Crippen molar-refractivity contribution in [1.82, 2.24) is 5.32 Å². The lowest BCUT2D eigenvalue weighted by molar-refractivity contribution is -0.122. The van der Waals surface area contributed by atoms with E-state index in [1.54, 1.807) is 25.3 Å². The minimum Gasteiger partial charge on any atom is -0.496 e. The molecule has 1 heterocycles. The maximum Gasteiger partial charge on any atom is 0.220 e. The molecule has 0 bridgehead atoms. The number of Topliss-reactive ketones (excluding diaryl/α,β-unsaturated/α-hetero) is 1. The Hall–Kier alpha value is -1.88. The molecular weight excluding hydrogens is 282 g/mol. The van der Waals surface area contributed by atoms with Crippen molar-refractivity contribution in [3.8, 4) is 5.75 Å². The van der Waals surface area contributed by atoms with E-state index in [0.717, 1.165) is 30.8 Å². The molecule has 1 saturated heterocycles. The molecular formula is C17H23NO4. The molecule has 1 aliphatic heterocycles. The maximum absolute atomic E-state index is 12.1. The predicted octanol–water partition coefficient (Wildman–Crippen LogP) is 2.26. The van der Waals surface area contributed by atoms with Gasteiger partial charge in [-0.2, -0.15) is 0 Å². The van der Waals surface area contributed by atoms with E-state index in [1.165, 1.54) is 0 Å². The number of benzene rings is 1. The first kappa shape index (κ1) is 16.5. The summed E-state index contributed by atoms with van der Waals surface area (Å²) >= 11 is 0. The molecule has 0 aliphatic carbocycles. The normalized spacial score (nSPS) is 17.8. The van der Waals surface area contributed by atoms with Gasteiger partial charge in [-0.05, 0) is 43.5 Å². The molecule has 0 unspecified atom stereocenters. The number of amides is 1. The molecule has 0 aromatic heterocycles. The third kappa shape index (κ3) is 4.56. The second kappa shape index (κ2) is 7.94. The minimum absolute atomic E-state index is 0.0270. The summed E-state index contributed by atoms with van der Waals surface area (Å²) in [5.41, 5.74) is 1.53.